The van der Waals surface area contributed by atoms with Gasteiger partial charge < -0.3 is 0 Å². The van der Waals surface area contributed by atoms with Crippen LogP contribution in [0, 0.1) is 7.18 Å². The van der Waals surface area contributed by atoms with Crippen molar-refractivity contribution in [3.05, 3.63) is 7.18 Å². The Morgan fingerprint density at radius 1 is 1.14 bits per heavy atom. The van der Waals surface area contributed by atoms with Crippen LogP contribution in [0.1, 0.15) is 0 Å². The van der Waals surface area contributed by atoms with Gasteiger partial charge in [-0.25, -0.2) is 4.39 Å². The molecule has 0 aromatic heterocycles. The summed E-state index contributed by atoms with van der Waals surface area (Å²) in [6.45, 7) is 0. The van der Waals surface area contributed by atoms with Gasteiger partial charge >= 0.3 is 10.6 Å². The first-order chi connectivity index (χ1) is 3.00. The molecular formula is CF3O2S. The minimum atomic E-state index is -5.67. The maximum atomic E-state index is 9.99. The van der Waals surface area contributed by atoms with Gasteiger partial charge in [-0.15, -0.1) is 0 Å². The molecule has 0 spiro atoms. The second kappa shape index (κ2) is 3.91. The highest BCUT2D eigenvalue weighted by Gasteiger charge is 1.94. The maximum absolute atomic E-state index is 9.99. The largest absolute Gasteiger partial charge is 0.476 e. The summed E-state index contributed by atoms with van der Waals surface area (Å²) in [5, 5.41) is 0. The van der Waals surface area contributed by atoms with Gasteiger partial charge in [0.15, 0.2) is 0 Å². The summed E-state index contributed by atoms with van der Waals surface area (Å²) in [5.74, 6) is 0. The molecular weight excluding hydrogens is 133 g/mol. The van der Waals surface area contributed by atoms with E-state index in [0.29, 0.717) is 0 Å². The summed E-state index contributed by atoms with van der Waals surface area (Å²) in [5.41, 5.74) is 0. The topological polar surface area (TPSA) is 34.1 Å². The molecule has 0 unspecified atom stereocenters. The molecule has 0 atom stereocenters. The van der Waals surface area contributed by atoms with Crippen LogP contribution < -0.4 is 0 Å². The van der Waals surface area contributed by atoms with E-state index >= 15 is 0 Å². The Morgan fingerprint density at radius 3 is 1.14 bits per heavy atom. The average Bonchev–Trinajstić information content (AvgIpc) is 1.36. The lowest BCUT2D eigenvalue weighted by Gasteiger charge is -1.57. The smallest absolute Gasteiger partial charge is 0.232 e. The van der Waals surface area contributed by atoms with Crippen molar-refractivity contribution in [1.29, 1.82) is 0 Å². The van der Waals surface area contributed by atoms with Gasteiger partial charge in [-0.05, 0) is 0 Å². The van der Waals surface area contributed by atoms with Gasteiger partial charge in [0, 0.05) is 0 Å². The summed E-state index contributed by atoms with van der Waals surface area (Å²) >= 11 is 0. The molecule has 0 aliphatic heterocycles. The lowest BCUT2D eigenvalue weighted by Crippen LogP contribution is -1.69. The molecule has 6 heteroatoms. The third kappa shape index (κ3) is 1190. The van der Waals surface area contributed by atoms with Gasteiger partial charge in [-0.2, -0.15) is 8.42 Å². The fourth-order valence-corrected chi connectivity index (χ4v) is 0. The van der Waals surface area contributed by atoms with Crippen molar-refractivity contribution in [2.24, 2.45) is 0 Å². The zero-order chi connectivity index (χ0) is 6.50. The third-order valence-electron chi connectivity index (χ3n) is 0. The van der Waals surface area contributed by atoms with E-state index in [-0.39, 0.29) is 0 Å². The van der Waals surface area contributed by atoms with E-state index in [1.54, 1.807) is 0 Å². The molecule has 43 valence electrons. The first-order valence-electron chi connectivity index (χ1n) is 0.831. The molecule has 0 aromatic carbocycles. The number of halogens is 3. The highest BCUT2D eigenvalue weighted by Crippen LogP contribution is 1.85. The van der Waals surface area contributed by atoms with E-state index in [2.05, 4.69) is 7.18 Å². The van der Waals surface area contributed by atoms with E-state index in [4.69, 9.17) is 12.8 Å². The first-order valence-corrected chi connectivity index (χ1v) is 2.11. The van der Waals surface area contributed by atoms with E-state index < -0.39 is 10.6 Å². The molecule has 0 aliphatic rings. The Hall–Kier alpha value is -0.260. The summed E-state index contributed by atoms with van der Waals surface area (Å²) in [6, 6.07) is 0. The lowest BCUT2D eigenvalue weighted by atomic mass is 11.9. The van der Waals surface area contributed by atoms with Crippen molar-refractivity contribution in [3.63, 3.8) is 0 Å². The quantitative estimate of drug-likeness (QED) is 0.455. The summed E-state index contributed by atoms with van der Waals surface area (Å²) in [6.07, 6.45) is 0. The molecule has 0 saturated carbocycles. The van der Waals surface area contributed by atoms with Crippen molar-refractivity contribution in [3.8, 4) is 0 Å². The average molecular weight is 133 g/mol. The van der Waals surface area contributed by atoms with E-state index in [9.17, 15) is 7.77 Å². The van der Waals surface area contributed by atoms with Crippen LogP contribution in [0.3, 0.4) is 0 Å². The molecule has 2 nitrogen and oxygen atoms in total. The SMILES string of the molecule is O=S(=O)(F)F.[C]F. The predicted octanol–water partition coefficient (Wildman–Crippen LogP) is 0.672. The molecule has 0 rings (SSSR count). The van der Waals surface area contributed by atoms with Gasteiger partial charge in [-0.3, -0.25) is 0 Å². The van der Waals surface area contributed by atoms with Crippen LogP contribution in [-0.4, -0.2) is 8.42 Å². The Morgan fingerprint density at radius 2 is 1.14 bits per heavy atom. The monoisotopic (exact) mass is 133 g/mol. The second-order valence-electron chi connectivity index (χ2n) is 0.378. The van der Waals surface area contributed by atoms with Gasteiger partial charge in [0.25, 0.3) is 0 Å². The molecule has 7 heavy (non-hydrogen) atoms. The highest BCUT2D eigenvalue weighted by atomic mass is 32.3. The molecule has 0 N–H and O–H groups in total. The van der Waals surface area contributed by atoms with Crippen molar-refractivity contribution in [1.82, 2.24) is 0 Å². The molecule has 0 bridgehead atoms. The number of hydrogen-bond acceptors (Lipinski definition) is 2. The zero-order valence-electron chi connectivity index (χ0n) is 2.86. The standard InChI is InChI=1S/CF.F2O2S/c1-2;1-5(2,3)4. The molecule has 0 amide bonds. The van der Waals surface area contributed by atoms with Gasteiger partial charge in [0.1, 0.15) is 0 Å². The highest BCUT2D eigenvalue weighted by molar-refractivity contribution is 7.81. The molecule has 0 heterocycles. The zero-order valence-corrected chi connectivity index (χ0v) is 3.68. The minimum absolute atomic E-state index is 4.25. The van der Waals surface area contributed by atoms with E-state index in [0.717, 1.165) is 0 Å². The van der Waals surface area contributed by atoms with E-state index in [1.807, 2.05) is 0 Å². The van der Waals surface area contributed by atoms with Crippen LogP contribution in [0.2, 0.25) is 0 Å². The first kappa shape index (κ1) is 9.88. The Bertz CT molecular complexity index is 96.1. The lowest BCUT2D eigenvalue weighted by molar-refractivity contribution is 0.501. The van der Waals surface area contributed by atoms with Crippen LogP contribution in [0.4, 0.5) is 12.2 Å². The fourth-order valence-electron chi connectivity index (χ4n) is 0. The summed E-state index contributed by atoms with van der Waals surface area (Å²) in [7, 11) is -1.42. The Labute approximate surface area is 39.5 Å². The van der Waals surface area contributed by atoms with Crippen LogP contribution in [0.5, 0.6) is 0 Å². The molecule has 0 aliphatic carbocycles. The molecule has 0 saturated heterocycles. The van der Waals surface area contributed by atoms with Crippen LogP contribution in [0.15, 0.2) is 0 Å². The van der Waals surface area contributed by atoms with Crippen molar-refractivity contribution >= 4 is 10.6 Å². The van der Waals surface area contributed by atoms with Crippen LogP contribution >= 0.6 is 0 Å². The second-order valence-corrected chi connectivity index (χ2v) is 1.14. The van der Waals surface area contributed by atoms with Gasteiger partial charge in [-0.1, -0.05) is 7.77 Å². The van der Waals surface area contributed by atoms with Gasteiger partial charge in [0.05, 0.1) is 0 Å². The maximum Gasteiger partial charge on any atom is 0.476 e. The molecule has 0 aromatic rings. The van der Waals surface area contributed by atoms with Crippen LogP contribution in [0.25, 0.3) is 0 Å². The third-order valence-corrected chi connectivity index (χ3v) is 0. The van der Waals surface area contributed by atoms with Crippen LogP contribution in [-0.2, 0) is 10.6 Å². The number of hydrogen-bond donors (Lipinski definition) is 0. The minimum Gasteiger partial charge on any atom is -0.232 e. The molecule has 0 fully saturated rings. The number of rotatable bonds is 0. The Kier molecular flexibility index (Phi) is 5.53. The predicted molar refractivity (Wildman–Crippen MR) is 15.5 cm³/mol. The summed E-state index contributed by atoms with van der Waals surface area (Å²) < 4.78 is 45.3. The normalized spacial score (nSPS) is 9.14. The Balaban J connectivity index is 0. The van der Waals surface area contributed by atoms with Crippen molar-refractivity contribution < 1.29 is 20.6 Å². The fraction of sp³-hybridized carbons (Fsp3) is 0. The molecule has 3 radical (unpaired) electrons. The van der Waals surface area contributed by atoms with E-state index in [1.165, 1.54) is 0 Å². The van der Waals surface area contributed by atoms with Crippen molar-refractivity contribution in [2.45, 2.75) is 0 Å². The van der Waals surface area contributed by atoms with Crippen molar-refractivity contribution in [2.75, 3.05) is 0 Å². The van der Waals surface area contributed by atoms with Gasteiger partial charge in [0.2, 0.25) is 7.18 Å². The summed E-state index contributed by atoms with van der Waals surface area (Å²) in [4.78, 5) is 0.